The first kappa shape index (κ1) is 32.0. The van der Waals surface area contributed by atoms with Crippen molar-refractivity contribution >= 4 is 33.0 Å². The number of carbonyl (C=O) groups is 2. The molecule has 0 amide bonds. The Morgan fingerprint density at radius 3 is 2.73 bits per heavy atom. The van der Waals surface area contributed by atoms with E-state index in [9.17, 15) is 27.4 Å². The predicted molar refractivity (Wildman–Crippen MR) is 150 cm³/mol. The molecule has 0 saturated heterocycles. The molecular formula is C29H28N5NaO8S. The van der Waals surface area contributed by atoms with E-state index in [2.05, 4.69) is 10.3 Å². The van der Waals surface area contributed by atoms with Crippen molar-refractivity contribution in [3.63, 3.8) is 0 Å². The van der Waals surface area contributed by atoms with Crippen molar-refractivity contribution in [1.29, 1.82) is 0 Å². The van der Waals surface area contributed by atoms with Gasteiger partial charge in [-0.05, 0) is 37.5 Å². The second-order valence-electron chi connectivity index (χ2n) is 10.7. The van der Waals surface area contributed by atoms with Crippen molar-refractivity contribution in [2.75, 3.05) is 0 Å². The molecule has 0 fully saturated rings. The first-order chi connectivity index (χ1) is 20.6. The molecule has 2 aliphatic rings. The summed E-state index contributed by atoms with van der Waals surface area (Å²) in [6.07, 6.45) is 3.18. The summed E-state index contributed by atoms with van der Waals surface area (Å²) in [5.74, 6) is -2.04. The van der Waals surface area contributed by atoms with Crippen LogP contribution in [0.3, 0.4) is 0 Å². The average Bonchev–Trinajstić information content (AvgIpc) is 3.56. The molecule has 0 saturated carbocycles. The van der Waals surface area contributed by atoms with Crippen molar-refractivity contribution in [2.24, 2.45) is 0 Å². The first-order valence-corrected chi connectivity index (χ1v) is 15.5. The molecule has 44 heavy (non-hydrogen) atoms. The van der Waals surface area contributed by atoms with Crippen LogP contribution in [-0.4, -0.2) is 49.5 Å². The Morgan fingerprint density at radius 2 is 1.95 bits per heavy atom. The van der Waals surface area contributed by atoms with Crippen molar-refractivity contribution in [3.8, 4) is 11.4 Å². The molecule has 3 aromatic heterocycles. The van der Waals surface area contributed by atoms with Gasteiger partial charge >= 0.3 is 41.5 Å². The van der Waals surface area contributed by atoms with Crippen LogP contribution in [-0.2, 0) is 60.2 Å². The van der Waals surface area contributed by atoms with Gasteiger partial charge in [0.05, 0.1) is 40.5 Å². The molecule has 0 N–H and O–H groups in total. The van der Waals surface area contributed by atoms with E-state index >= 15 is 0 Å². The Kier molecular flexibility index (Phi) is 9.10. The number of fused-ring (bicyclic) bond motifs is 5. The Bertz CT molecular complexity index is 1940. The van der Waals surface area contributed by atoms with Crippen LogP contribution in [0.4, 0.5) is 0 Å². The summed E-state index contributed by atoms with van der Waals surface area (Å²) < 4.78 is 47.0. The van der Waals surface area contributed by atoms with E-state index in [1.54, 1.807) is 17.6 Å². The van der Waals surface area contributed by atoms with Crippen LogP contribution in [0, 0.1) is 0 Å². The molecule has 13 nitrogen and oxygen atoms in total. The molecular weight excluding hydrogens is 601 g/mol. The zero-order chi connectivity index (χ0) is 30.4. The van der Waals surface area contributed by atoms with Gasteiger partial charge < -0.3 is 18.6 Å². The van der Waals surface area contributed by atoms with Crippen molar-refractivity contribution in [3.05, 3.63) is 75.3 Å². The Hall–Kier alpha value is -3.43. The number of benzene rings is 1. The average molecular weight is 630 g/mol. The molecule has 0 radical (unpaired) electrons. The van der Waals surface area contributed by atoms with E-state index in [0.717, 1.165) is 16.5 Å². The maximum absolute atomic E-state index is 13.6. The fourth-order valence-corrected chi connectivity index (χ4v) is 6.24. The Morgan fingerprint density at radius 1 is 1.16 bits per heavy atom. The van der Waals surface area contributed by atoms with E-state index in [4.69, 9.17) is 14.5 Å². The largest absolute Gasteiger partial charge is 1.00 e. The summed E-state index contributed by atoms with van der Waals surface area (Å²) in [6, 6.07) is 11.4. The third-order valence-electron chi connectivity index (χ3n) is 7.85. The summed E-state index contributed by atoms with van der Waals surface area (Å²) in [5.41, 5.74) is 1.53. The normalized spacial score (nSPS) is 16.9. The Labute approximate surface area is 274 Å². The number of esters is 2. The molecule has 1 atom stereocenters. The SMILES string of the molecule is CC[C@@]1(OC(=O)CCCCCn2cc(CS(=O)(=O)[O-])nn2)C(=O)OCc2c1cc1n(c2=O)Cc2cc3ccccc3nc2-1.[Na+]. The number of unbranched alkanes of at least 4 members (excludes halogenated alkanes) is 2. The number of nitrogens with zero attached hydrogens (tertiary/aromatic N) is 5. The van der Waals surface area contributed by atoms with Gasteiger partial charge in [0.2, 0.25) is 5.60 Å². The fraction of sp³-hybridized carbons (Fsp3) is 0.379. The molecule has 2 aliphatic heterocycles. The molecule has 0 bridgehead atoms. The van der Waals surface area contributed by atoms with E-state index in [-0.39, 0.29) is 65.8 Å². The van der Waals surface area contributed by atoms with Gasteiger partial charge in [0, 0.05) is 35.7 Å². The zero-order valence-electron chi connectivity index (χ0n) is 24.3. The second-order valence-corrected chi connectivity index (χ2v) is 12.1. The molecule has 15 heteroatoms. The number of aromatic nitrogens is 5. The van der Waals surface area contributed by atoms with Crippen LogP contribution in [0.2, 0.25) is 0 Å². The number of aryl methyl sites for hydroxylation is 1. The van der Waals surface area contributed by atoms with Gasteiger partial charge in [-0.2, -0.15) is 0 Å². The summed E-state index contributed by atoms with van der Waals surface area (Å²) in [5, 5.41) is 8.45. The molecule has 4 aromatic rings. The van der Waals surface area contributed by atoms with Crippen molar-refractivity contribution in [1.82, 2.24) is 24.5 Å². The number of hydrogen-bond acceptors (Lipinski definition) is 11. The van der Waals surface area contributed by atoms with Gasteiger partial charge in [-0.1, -0.05) is 36.8 Å². The van der Waals surface area contributed by atoms with Gasteiger partial charge in [-0.3, -0.25) is 14.3 Å². The van der Waals surface area contributed by atoms with Crippen LogP contribution in [0.1, 0.15) is 61.4 Å². The summed E-state index contributed by atoms with van der Waals surface area (Å²) in [6.45, 7) is 2.26. The number of para-hydroxylation sites is 1. The Balaban J connectivity index is 0.00000384. The zero-order valence-corrected chi connectivity index (χ0v) is 27.1. The monoisotopic (exact) mass is 629 g/mol. The van der Waals surface area contributed by atoms with Crippen LogP contribution in [0.15, 0.2) is 47.4 Å². The maximum atomic E-state index is 13.6. The molecule has 0 unspecified atom stereocenters. The van der Waals surface area contributed by atoms with Crippen molar-refractivity contribution < 1.29 is 61.6 Å². The standard InChI is InChI=1S/C29H29N5O8S.Na/c1-2-29(42-25(35)10-4-3-7-11-33-15-20(31-32-33)17-43(38,39)40)22-13-24-26-19(12-18-8-5-6-9-23(18)30-26)14-34(24)27(36)21(22)16-41-28(29)37;/h5-6,8-9,12-13,15H,2-4,7,10-11,14,16-17H2,1H3,(H,38,39,40);/q;+1/p-1/t29-;/m0./s1. The molecule has 5 heterocycles. The quantitative estimate of drug-likeness (QED) is 0.0845. The minimum atomic E-state index is -4.44. The molecule has 0 spiro atoms. The van der Waals surface area contributed by atoms with Crippen molar-refractivity contribution in [2.45, 2.75) is 70.1 Å². The number of carbonyl (C=O) groups excluding carboxylic acids is 2. The molecule has 0 aliphatic carbocycles. The van der Waals surface area contributed by atoms with Gasteiger partial charge in [0.15, 0.2) is 0 Å². The first-order valence-electron chi connectivity index (χ1n) is 14.0. The fourth-order valence-electron chi connectivity index (χ4n) is 5.74. The molecule has 224 valence electrons. The number of rotatable bonds is 10. The smallest absolute Gasteiger partial charge is 0.748 e. The molecule has 1 aromatic carbocycles. The van der Waals surface area contributed by atoms with Crippen LogP contribution < -0.4 is 35.1 Å². The van der Waals surface area contributed by atoms with E-state index in [1.807, 2.05) is 30.3 Å². The van der Waals surface area contributed by atoms with Crippen LogP contribution >= 0.6 is 0 Å². The predicted octanol–water partition coefficient (Wildman–Crippen LogP) is -0.468. The van der Waals surface area contributed by atoms with E-state index < -0.39 is 33.4 Å². The summed E-state index contributed by atoms with van der Waals surface area (Å²) in [7, 11) is -4.44. The van der Waals surface area contributed by atoms with E-state index in [0.29, 0.717) is 49.3 Å². The topological polar surface area (TPSA) is 175 Å². The maximum Gasteiger partial charge on any atom is 1.00 e. The minimum Gasteiger partial charge on any atom is -0.748 e. The summed E-state index contributed by atoms with van der Waals surface area (Å²) in [4.78, 5) is 44.7. The third kappa shape index (κ3) is 6.09. The van der Waals surface area contributed by atoms with Crippen LogP contribution in [0.5, 0.6) is 0 Å². The third-order valence-corrected chi connectivity index (χ3v) is 8.50. The number of cyclic esters (lactones) is 1. The van der Waals surface area contributed by atoms with Gasteiger partial charge in [-0.15, -0.1) is 5.10 Å². The second kappa shape index (κ2) is 12.5. The summed E-state index contributed by atoms with van der Waals surface area (Å²) >= 11 is 0. The van der Waals surface area contributed by atoms with Crippen LogP contribution in [0.25, 0.3) is 22.3 Å². The van der Waals surface area contributed by atoms with Gasteiger partial charge in [-0.25, -0.2) is 18.2 Å². The number of ether oxygens (including phenoxy) is 2. The minimum absolute atomic E-state index is 0. The van der Waals surface area contributed by atoms with Gasteiger partial charge in [0.25, 0.3) is 5.56 Å². The number of pyridine rings is 2. The van der Waals surface area contributed by atoms with E-state index in [1.165, 1.54) is 10.9 Å². The van der Waals surface area contributed by atoms with Gasteiger partial charge in [0.1, 0.15) is 16.7 Å². The number of hydrogen-bond donors (Lipinski definition) is 0. The molecule has 6 rings (SSSR count).